The Morgan fingerprint density at radius 1 is 1.46 bits per heavy atom. The van der Waals surface area contributed by atoms with Gasteiger partial charge in [0.15, 0.2) is 0 Å². The summed E-state index contributed by atoms with van der Waals surface area (Å²) in [5.74, 6) is -0.272. The maximum absolute atomic E-state index is 12.0. The fourth-order valence-corrected chi connectivity index (χ4v) is 2.78. The first-order valence-electron chi connectivity index (χ1n) is 7.92. The molecule has 1 aromatic rings. The van der Waals surface area contributed by atoms with Gasteiger partial charge in [-0.05, 0) is 30.5 Å². The normalized spacial score (nSPS) is 21.1. The Bertz CT molecular complexity index is 676. The summed E-state index contributed by atoms with van der Waals surface area (Å²) in [4.78, 5) is 29.3. The topological polar surface area (TPSA) is 91.7 Å². The fourth-order valence-electron chi connectivity index (χ4n) is 2.78. The summed E-state index contributed by atoms with van der Waals surface area (Å²) < 4.78 is 5.31. The van der Waals surface area contributed by atoms with Crippen molar-refractivity contribution in [3.8, 4) is 6.07 Å². The van der Waals surface area contributed by atoms with Crippen molar-refractivity contribution in [2.45, 2.75) is 37.7 Å². The fraction of sp³-hybridized carbons (Fsp3) is 0.471. The first kappa shape index (κ1) is 16.3. The number of cyclic esters (lactones) is 1. The van der Waals surface area contributed by atoms with Gasteiger partial charge in [-0.15, -0.1) is 0 Å². The van der Waals surface area contributed by atoms with Crippen LogP contribution in [-0.4, -0.2) is 31.3 Å². The Labute approximate surface area is 140 Å². The third-order valence-electron chi connectivity index (χ3n) is 4.33. The minimum Gasteiger partial charge on any atom is -0.444 e. The minimum atomic E-state index is -0.395. The predicted octanol–water partition coefficient (Wildman–Crippen LogP) is 2.02. The van der Waals surface area contributed by atoms with Gasteiger partial charge < -0.3 is 4.74 Å². The Hall–Kier alpha value is -2.59. The van der Waals surface area contributed by atoms with Crippen LogP contribution in [0.25, 0.3) is 0 Å². The number of nitrogens with one attached hydrogen (secondary N) is 1. The molecule has 7 nitrogen and oxygen atoms in total. The predicted molar refractivity (Wildman–Crippen MR) is 85.0 cm³/mol. The van der Waals surface area contributed by atoms with E-state index in [9.17, 15) is 14.9 Å². The first-order chi connectivity index (χ1) is 11.5. The number of nitriles is 1. The Kier molecular flexibility index (Phi) is 4.40. The maximum atomic E-state index is 12.0. The minimum absolute atomic E-state index is 0.272. The van der Waals surface area contributed by atoms with E-state index in [1.807, 2.05) is 24.3 Å². The Morgan fingerprint density at radius 2 is 2.17 bits per heavy atom. The lowest BCUT2D eigenvalue weighted by Gasteiger charge is -2.14. The summed E-state index contributed by atoms with van der Waals surface area (Å²) in [6.45, 7) is 2.07. The Morgan fingerprint density at radius 3 is 2.75 bits per heavy atom. The van der Waals surface area contributed by atoms with Crippen molar-refractivity contribution < 1.29 is 19.2 Å². The van der Waals surface area contributed by atoms with Crippen molar-refractivity contribution >= 4 is 17.7 Å². The van der Waals surface area contributed by atoms with Crippen LogP contribution >= 0.6 is 0 Å². The van der Waals surface area contributed by atoms with Crippen molar-refractivity contribution in [1.82, 2.24) is 5.48 Å². The summed E-state index contributed by atoms with van der Waals surface area (Å²) in [5.41, 5.74) is 3.66. The molecule has 1 N–H and O–H groups in total. The molecule has 0 radical (unpaired) electrons. The van der Waals surface area contributed by atoms with Gasteiger partial charge in [0.2, 0.25) is 5.91 Å². The standard InChI is InChI=1S/C17H19N3O4/c1-12(21)19-23-9-6-15-10-20(16(22)24-15)14-4-2-13(3-5-14)17(11-18)7-8-17/h2-5,15H,6-10H2,1H3,(H,19,21). The highest BCUT2D eigenvalue weighted by Gasteiger charge is 2.44. The van der Waals surface area contributed by atoms with E-state index < -0.39 is 6.09 Å². The molecule has 24 heavy (non-hydrogen) atoms. The number of carbonyl (C=O) groups excluding carboxylic acids is 2. The average molecular weight is 329 g/mol. The van der Waals surface area contributed by atoms with Crippen LogP contribution in [0.5, 0.6) is 0 Å². The monoisotopic (exact) mass is 329 g/mol. The quantitative estimate of drug-likeness (QED) is 0.637. The lowest BCUT2D eigenvalue weighted by atomic mass is 9.97. The molecule has 1 saturated carbocycles. The number of hydrogen-bond donors (Lipinski definition) is 1. The van der Waals surface area contributed by atoms with Gasteiger partial charge >= 0.3 is 6.09 Å². The molecule has 0 aromatic heterocycles. The van der Waals surface area contributed by atoms with E-state index >= 15 is 0 Å². The molecule has 7 heteroatoms. The van der Waals surface area contributed by atoms with Gasteiger partial charge in [-0.2, -0.15) is 5.26 Å². The van der Waals surface area contributed by atoms with E-state index in [1.165, 1.54) is 6.92 Å². The van der Waals surface area contributed by atoms with Gasteiger partial charge in [0.25, 0.3) is 0 Å². The van der Waals surface area contributed by atoms with Crippen molar-refractivity contribution in [3.63, 3.8) is 0 Å². The largest absolute Gasteiger partial charge is 0.444 e. The van der Waals surface area contributed by atoms with Crippen LogP contribution in [-0.2, 0) is 19.8 Å². The van der Waals surface area contributed by atoms with E-state index in [-0.39, 0.29) is 24.0 Å². The third kappa shape index (κ3) is 3.34. The molecule has 1 heterocycles. The highest BCUT2D eigenvalue weighted by molar-refractivity contribution is 5.89. The molecule has 1 aromatic carbocycles. The van der Waals surface area contributed by atoms with Crippen LogP contribution < -0.4 is 10.4 Å². The van der Waals surface area contributed by atoms with Crippen molar-refractivity contribution in [3.05, 3.63) is 29.8 Å². The van der Waals surface area contributed by atoms with Crippen LogP contribution in [0.2, 0.25) is 0 Å². The smallest absolute Gasteiger partial charge is 0.414 e. The zero-order chi connectivity index (χ0) is 17.2. The van der Waals surface area contributed by atoms with E-state index in [4.69, 9.17) is 9.57 Å². The molecule has 2 amide bonds. The average Bonchev–Trinajstić information content (AvgIpc) is 3.29. The number of hydroxylamine groups is 1. The molecule has 2 fully saturated rings. The van der Waals surface area contributed by atoms with Crippen LogP contribution in [0, 0.1) is 11.3 Å². The molecular formula is C17H19N3O4. The number of nitrogens with zero attached hydrogens (tertiary/aromatic N) is 2. The Balaban J connectivity index is 1.56. The molecule has 2 aliphatic rings. The first-order valence-corrected chi connectivity index (χ1v) is 7.92. The molecule has 3 rings (SSSR count). The number of hydrogen-bond acceptors (Lipinski definition) is 5. The molecular weight excluding hydrogens is 310 g/mol. The lowest BCUT2D eigenvalue weighted by Crippen LogP contribution is -2.26. The zero-order valence-corrected chi connectivity index (χ0v) is 13.4. The molecule has 0 bridgehead atoms. The van der Waals surface area contributed by atoms with Gasteiger partial charge in [0, 0.05) is 19.0 Å². The van der Waals surface area contributed by atoms with Gasteiger partial charge in [0.1, 0.15) is 6.10 Å². The second-order valence-corrected chi connectivity index (χ2v) is 6.15. The number of rotatable bonds is 6. The highest BCUT2D eigenvalue weighted by atomic mass is 16.7. The molecule has 1 unspecified atom stereocenters. The van der Waals surface area contributed by atoms with Gasteiger partial charge in [0.05, 0.1) is 24.6 Å². The summed E-state index contributed by atoms with van der Waals surface area (Å²) in [7, 11) is 0. The number of benzene rings is 1. The second-order valence-electron chi connectivity index (χ2n) is 6.15. The van der Waals surface area contributed by atoms with Crippen molar-refractivity contribution in [2.24, 2.45) is 0 Å². The molecule has 1 saturated heterocycles. The third-order valence-corrected chi connectivity index (χ3v) is 4.33. The van der Waals surface area contributed by atoms with Gasteiger partial charge in [-0.3, -0.25) is 14.5 Å². The molecule has 0 spiro atoms. The summed E-state index contributed by atoms with van der Waals surface area (Å²) in [6.07, 6.45) is 1.61. The number of amides is 2. The second kappa shape index (κ2) is 6.49. The van der Waals surface area contributed by atoms with E-state index in [2.05, 4.69) is 11.5 Å². The molecule has 1 atom stereocenters. The number of carbonyl (C=O) groups is 2. The van der Waals surface area contributed by atoms with Crippen LogP contribution in [0.15, 0.2) is 24.3 Å². The van der Waals surface area contributed by atoms with Gasteiger partial charge in [-0.1, -0.05) is 12.1 Å². The van der Waals surface area contributed by atoms with E-state index in [0.717, 1.165) is 24.1 Å². The van der Waals surface area contributed by atoms with E-state index in [1.54, 1.807) is 4.90 Å². The zero-order valence-electron chi connectivity index (χ0n) is 13.4. The van der Waals surface area contributed by atoms with E-state index in [0.29, 0.717) is 13.0 Å². The highest BCUT2D eigenvalue weighted by Crippen LogP contribution is 2.47. The molecule has 1 aliphatic carbocycles. The lowest BCUT2D eigenvalue weighted by molar-refractivity contribution is -0.131. The van der Waals surface area contributed by atoms with Crippen LogP contribution in [0.4, 0.5) is 10.5 Å². The summed E-state index contributed by atoms with van der Waals surface area (Å²) in [6, 6.07) is 9.88. The number of ether oxygens (including phenoxy) is 1. The van der Waals surface area contributed by atoms with Crippen molar-refractivity contribution in [2.75, 3.05) is 18.1 Å². The summed E-state index contributed by atoms with van der Waals surface area (Å²) in [5, 5.41) is 9.23. The summed E-state index contributed by atoms with van der Waals surface area (Å²) >= 11 is 0. The van der Waals surface area contributed by atoms with Crippen molar-refractivity contribution in [1.29, 1.82) is 5.26 Å². The van der Waals surface area contributed by atoms with Gasteiger partial charge in [-0.25, -0.2) is 10.3 Å². The SMILES string of the molecule is CC(=O)NOCCC1CN(c2ccc(C3(C#N)CC3)cc2)C(=O)O1. The number of anilines is 1. The molecule has 1 aliphatic heterocycles. The van der Waals surface area contributed by atoms with Crippen LogP contribution in [0.3, 0.4) is 0 Å². The maximum Gasteiger partial charge on any atom is 0.414 e. The molecule has 126 valence electrons. The van der Waals surface area contributed by atoms with Crippen LogP contribution in [0.1, 0.15) is 31.7 Å².